The average molecular weight is 399 g/mol. The van der Waals surface area contributed by atoms with Crippen LogP contribution in [0.4, 0.5) is 4.39 Å². The van der Waals surface area contributed by atoms with Crippen LogP contribution in [0.2, 0.25) is 0 Å². The lowest BCUT2D eigenvalue weighted by Gasteiger charge is -2.10. The van der Waals surface area contributed by atoms with Gasteiger partial charge in [-0.25, -0.2) is 9.18 Å². The van der Waals surface area contributed by atoms with Crippen molar-refractivity contribution in [1.29, 1.82) is 0 Å². The molecule has 0 saturated heterocycles. The summed E-state index contributed by atoms with van der Waals surface area (Å²) in [5.74, 6) is -0.496. The molecule has 0 spiro atoms. The van der Waals surface area contributed by atoms with Gasteiger partial charge in [0.15, 0.2) is 0 Å². The van der Waals surface area contributed by atoms with Crippen LogP contribution in [0.15, 0.2) is 11.6 Å². The number of halogens is 1. The van der Waals surface area contributed by atoms with Crippen molar-refractivity contribution in [1.82, 2.24) is 0 Å². The first-order valence-electron chi connectivity index (χ1n) is 12.1. The highest BCUT2D eigenvalue weighted by atomic mass is 19.1. The second-order valence-corrected chi connectivity index (χ2v) is 8.23. The van der Waals surface area contributed by atoms with Gasteiger partial charge in [0.25, 0.3) is 0 Å². The Morgan fingerprint density at radius 1 is 0.750 bits per heavy atom. The molecule has 0 bridgehead atoms. The standard InChI is InChI=1S/C25H47FO2/c1-4-6-8-10-11-12-13-14-15-16-18-19-21-23(3)25(27)28-24(26)22-20-17-9-7-5-2/h21,24H,4-20,22H2,1-3H3/b23-21+. The lowest BCUT2D eigenvalue weighted by atomic mass is 10.0. The molecule has 1 unspecified atom stereocenters. The summed E-state index contributed by atoms with van der Waals surface area (Å²) in [4.78, 5) is 11.9. The van der Waals surface area contributed by atoms with Crippen molar-refractivity contribution in [3.8, 4) is 0 Å². The number of carbonyl (C=O) groups is 1. The van der Waals surface area contributed by atoms with Crippen molar-refractivity contribution in [2.75, 3.05) is 0 Å². The van der Waals surface area contributed by atoms with E-state index in [4.69, 9.17) is 4.74 Å². The van der Waals surface area contributed by atoms with Gasteiger partial charge in [-0.1, -0.05) is 110 Å². The normalized spacial score (nSPS) is 12.9. The molecule has 0 radical (unpaired) electrons. The monoisotopic (exact) mass is 398 g/mol. The van der Waals surface area contributed by atoms with Crippen molar-refractivity contribution in [2.24, 2.45) is 0 Å². The molecule has 0 fully saturated rings. The first-order valence-corrected chi connectivity index (χ1v) is 12.1. The number of unbranched alkanes of at least 4 members (excludes halogenated alkanes) is 15. The third-order valence-electron chi connectivity index (χ3n) is 5.35. The van der Waals surface area contributed by atoms with Gasteiger partial charge in [-0.05, 0) is 26.2 Å². The number of carbonyl (C=O) groups excluding carboxylic acids is 1. The predicted molar refractivity (Wildman–Crippen MR) is 119 cm³/mol. The maximum atomic E-state index is 13.7. The SMILES string of the molecule is CCCCCCCCCCCCC/C=C(\C)C(=O)OC(F)CCCCCCC. The van der Waals surface area contributed by atoms with Crippen LogP contribution < -0.4 is 0 Å². The maximum Gasteiger partial charge on any atom is 0.335 e. The van der Waals surface area contributed by atoms with Crippen LogP contribution in [0, 0.1) is 0 Å². The van der Waals surface area contributed by atoms with Gasteiger partial charge in [-0.2, -0.15) is 0 Å². The Bertz CT molecular complexity index is 379. The van der Waals surface area contributed by atoms with E-state index in [1.54, 1.807) is 6.92 Å². The third kappa shape index (κ3) is 18.5. The van der Waals surface area contributed by atoms with Gasteiger partial charge in [0.2, 0.25) is 6.36 Å². The van der Waals surface area contributed by atoms with Crippen LogP contribution in [0.25, 0.3) is 0 Å². The molecule has 0 aliphatic carbocycles. The number of hydrogen-bond acceptors (Lipinski definition) is 2. The molecule has 0 rings (SSSR count). The van der Waals surface area contributed by atoms with E-state index in [1.807, 2.05) is 6.08 Å². The minimum absolute atomic E-state index is 0.321. The number of alkyl halides is 1. The Morgan fingerprint density at radius 2 is 1.18 bits per heavy atom. The summed E-state index contributed by atoms with van der Waals surface area (Å²) in [5, 5.41) is 0. The van der Waals surface area contributed by atoms with Crippen LogP contribution in [-0.2, 0) is 9.53 Å². The Balaban J connectivity index is 3.57. The molecular weight excluding hydrogens is 351 g/mol. The molecule has 28 heavy (non-hydrogen) atoms. The van der Waals surface area contributed by atoms with Crippen LogP contribution >= 0.6 is 0 Å². The highest BCUT2D eigenvalue weighted by molar-refractivity contribution is 5.87. The molecule has 0 aromatic carbocycles. The Hall–Kier alpha value is -0.860. The van der Waals surface area contributed by atoms with Crippen LogP contribution in [0.1, 0.15) is 136 Å². The topological polar surface area (TPSA) is 26.3 Å². The first kappa shape index (κ1) is 27.1. The van der Waals surface area contributed by atoms with Gasteiger partial charge < -0.3 is 4.74 Å². The minimum Gasteiger partial charge on any atom is -0.428 e. The zero-order valence-electron chi connectivity index (χ0n) is 19.1. The van der Waals surface area contributed by atoms with E-state index >= 15 is 0 Å². The molecule has 0 aliphatic heterocycles. The Labute approximate surface area is 174 Å². The van der Waals surface area contributed by atoms with E-state index < -0.39 is 12.3 Å². The second kappa shape index (κ2) is 20.9. The smallest absolute Gasteiger partial charge is 0.335 e. The minimum atomic E-state index is -1.46. The van der Waals surface area contributed by atoms with Crippen molar-refractivity contribution in [3.05, 3.63) is 11.6 Å². The zero-order chi connectivity index (χ0) is 20.9. The number of hydrogen-bond donors (Lipinski definition) is 0. The van der Waals surface area contributed by atoms with Gasteiger partial charge in [0, 0.05) is 12.0 Å². The fourth-order valence-corrected chi connectivity index (χ4v) is 3.39. The van der Waals surface area contributed by atoms with Gasteiger partial charge in [0.1, 0.15) is 0 Å². The summed E-state index contributed by atoms with van der Waals surface area (Å²) in [6.07, 6.45) is 21.5. The van der Waals surface area contributed by atoms with Crippen molar-refractivity contribution in [2.45, 2.75) is 143 Å². The summed E-state index contributed by atoms with van der Waals surface area (Å²) < 4.78 is 18.6. The predicted octanol–water partition coefficient (Wildman–Crippen LogP) is 8.83. The molecule has 0 N–H and O–H groups in total. The van der Waals surface area contributed by atoms with Crippen LogP contribution in [0.3, 0.4) is 0 Å². The fraction of sp³-hybridized carbons (Fsp3) is 0.880. The lowest BCUT2D eigenvalue weighted by Crippen LogP contribution is -2.14. The second-order valence-electron chi connectivity index (χ2n) is 8.23. The molecule has 0 aromatic heterocycles. The highest BCUT2D eigenvalue weighted by Gasteiger charge is 2.13. The fourth-order valence-electron chi connectivity index (χ4n) is 3.39. The van der Waals surface area contributed by atoms with E-state index in [0.29, 0.717) is 12.0 Å². The summed E-state index contributed by atoms with van der Waals surface area (Å²) >= 11 is 0. The molecule has 0 aromatic rings. The quantitative estimate of drug-likeness (QED) is 0.116. The molecule has 2 nitrogen and oxygen atoms in total. The molecule has 0 heterocycles. The average Bonchev–Trinajstić information content (AvgIpc) is 2.68. The van der Waals surface area contributed by atoms with Gasteiger partial charge >= 0.3 is 5.97 Å². The molecule has 0 saturated carbocycles. The molecular formula is C25H47FO2. The van der Waals surface area contributed by atoms with Gasteiger partial charge in [-0.3, -0.25) is 0 Å². The zero-order valence-corrected chi connectivity index (χ0v) is 19.1. The van der Waals surface area contributed by atoms with Crippen molar-refractivity contribution < 1.29 is 13.9 Å². The van der Waals surface area contributed by atoms with Crippen LogP contribution in [0.5, 0.6) is 0 Å². The molecule has 0 aliphatic rings. The van der Waals surface area contributed by atoms with E-state index in [9.17, 15) is 9.18 Å². The highest BCUT2D eigenvalue weighted by Crippen LogP contribution is 2.14. The van der Waals surface area contributed by atoms with E-state index in [-0.39, 0.29) is 0 Å². The summed E-state index contributed by atoms with van der Waals surface area (Å²) in [6, 6.07) is 0. The van der Waals surface area contributed by atoms with Crippen LogP contribution in [-0.4, -0.2) is 12.3 Å². The van der Waals surface area contributed by atoms with Gasteiger partial charge in [0.05, 0.1) is 0 Å². The Morgan fingerprint density at radius 3 is 1.68 bits per heavy atom. The lowest BCUT2D eigenvalue weighted by molar-refractivity contribution is -0.153. The molecule has 166 valence electrons. The largest absolute Gasteiger partial charge is 0.428 e. The summed E-state index contributed by atoms with van der Waals surface area (Å²) in [5.41, 5.74) is 0.542. The number of rotatable bonds is 20. The summed E-state index contributed by atoms with van der Waals surface area (Å²) in [7, 11) is 0. The number of esters is 1. The maximum absolute atomic E-state index is 13.7. The van der Waals surface area contributed by atoms with E-state index in [0.717, 1.165) is 32.1 Å². The van der Waals surface area contributed by atoms with E-state index in [1.165, 1.54) is 77.0 Å². The number of allylic oxidation sites excluding steroid dienone is 1. The molecule has 3 heteroatoms. The number of ether oxygens (including phenoxy) is 1. The van der Waals surface area contributed by atoms with E-state index in [2.05, 4.69) is 13.8 Å². The van der Waals surface area contributed by atoms with Crippen molar-refractivity contribution in [3.63, 3.8) is 0 Å². The third-order valence-corrected chi connectivity index (χ3v) is 5.35. The van der Waals surface area contributed by atoms with Gasteiger partial charge in [-0.15, -0.1) is 0 Å². The summed E-state index contributed by atoms with van der Waals surface area (Å²) in [6.45, 7) is 6.15. The van der Waals surface area contributed by atoms with Crippen molar-refractivity contribution >= 4 is 5.97 Å². The molecule has 1 atom stereocenters. The Kier molecular flexibility index (Phi) is 20.2. The first-order chi connectivity index (χ1) is 13.6. The molecule has 0 amide bonds.